The number of rotatable bonds is 7. The minimum atomic E-state index is -0.359. The summed E-state index contributed by atoms with van der Waals surface area (Å²) < 4.78 is 12.3. The minimum Gasteiger partial charge on any atom is -0.496 e. The van der Waals surface area contributed by atoms with E-state index in [0.717, 1.165) is 34.0 Å². The first-order valence-electron chi connectivity index (χ1n) is 9.31. The van der Waals surface area contributed by atoms with Gasteiger partial charge < -0.3 is 19.5 Å². The van der Waals surface area contributed by atoms with E-state index in [4.69, 9.17) is 9.47 Å². The first-order chi connectivity index (χ1) is 14.1. The number of ether oxygens (including phenoxy) is 2. The van der Waals surface area contributed by atoms with Crippen LogP contribution < -0.4 is 10.2 Å². The molecule has 0 amide bonds. The summed E-state index contributed by atoms with van der Waals surface area (Å²) in [7, 11) is 3.04. The van der Waals surface area contributed by atoms with Crippen LogP contribution in [0.1, 0.15) is 32.9 Å². The number of nitrogens with zero attached hydrogens (tertiary/aromatic N) is 2. The highest BCUT2D eigenvalue weighted by Gasteiger charge is 2.16. The molecule has 0 atom stereocenters. The number of hydrogen-bond donors (Lipinski definition) is 1. The van der Waals surface area contributed by atoms with Gasteiger partial charge in [-0.25, -0.2) is 4.79 Å². The van der Waals surface area contributed by atoms with E-state index in [1.807, 2.05) is 66.9 Å². The summed E-state index contributed by atoms with van der Waals surface area (Å²) in [6.45, 7) is 4.56. The molecule has 0 bridgehead atoms. The van der Waals surface area contributed by atoms with Crippen molar-refractivity contribution in [1.82, 2.24) is 9.99 Å². The number of methoxy groups -OCH3 is 2. The molecular weight excluding hydrogens is 366 g/mol. The van der Waals surface area contributed by atoms with E-state index >= 15 is 0 Å². The fourth-order valence-corrected chi connectivity index (χ4v) is 3.34. The van der Waals surface area contributed by atoms with Crippen LogP contribution in [-0.4, -0.2) is 31.0 Å². The first-order valence-corrected chi connectivity index (χ1v) is 9.31. The molecular formula is C23H25N3O3. The monoisotopic (exact) mass is 391 g/mol. The molecule has 1 N–H and O–H groups in total. The Hall–Kier alpha value is -3.54. The number of nitrogens with one attached hydrogen (secondary N) is 1. The molecule has 0 aliphatic heterocycles. The van der Waals surface area contributed by atoms with Gasteiger partial charge in [0.05, 0.1) is 38.2 Å². The zero-order chi connectivity index (χ0) is 20.8. The van der Waals surface area contributed by atoms with Crippen LogP contribution in [0.25, 0.3) is 5.69 Å². The Bertz CT molecular complexity index is 1040. The zero-order valence-corrected chi connectivity index (χ0v) is 17.1. The molecule has 0 radical (unpaired) electrons. The van der Waals surface area contributed by atoms with Crippen molar-refractivity contribution in [3.63, 3.8) is 0 Å². The molecule has 150 valence electrons. The zero-order valence-electron chi connectivity index (χ0n) is 17.1. The SMILES string of the molecule is COC(=O)c1ccccc1-n1c(C)cc(/C=N\NCc2ccccc2OC)c1C. The Morgan fingerprint density at radius 3 is 2.59 bits per heavy atom. The Morgan fingerprint density at radius 2 is 1.83 bits per heavy atom. The van der Waals surface area contributed by atoms with E-state index in [2.05, 4.69) is 10.5 Å². The first kappa shape index (κ1) is 20.2. The molecule has 0 saturated carbocycles. The van der Waals surface area contributed by atoms with Crippen LogP contribution >= 0.6 is 0 Å². The van der Waals surface area contributed by atoms with Gasteiger partial charge in [0.1, 0.15) is 5.75 Å². The standard InChI is InChI=1S/C23H25N3O3/c1-16-13-19(15-25-24-14-18-9-5-8-12-22(18)28-3)17(2)26(16)21-11-7-6-10-20(21)23(27)29-4/h5-13,15,24H,14H2,1-4H3/b25-15-. The smallest absolute Gasteiger partial charge is 0.339 e. The second-order valence-electron chi connectivity index (χ2n) is 6.58. The number of hydrazone groups is 1. The summed E-state index contributed by atoms with van der Waals surface area (Å²) in [4.78, 5) is 12.2. The minimum absolute atomic E-state index is 0.359. The van der Waals surface area contributed by atoms with Gasteiger partial charge in [0.25, 0.3) is 0 Å². The van der Waals surface area contributed by atoms with Crippen LogP contribution in [0.15, 0.2) is 59.7 Å². The maximum absolute atomic E-state index is 12.2. The van der Waals surface area contributed by atoms with Crippen LogP contribution in [-0.2, 0) is 11.3 Å². The highest BCUT2D eigenvalue weighted by Crippen LogP contribution is 2.23. The van der Waals surface area contributed by atoms with Gasteiger partial charge in [-0.1, -0.05) is 30.3 Å². The summed E-state index contributed by atoms with van der Waals surface area (Å²) >= 11 is 0. The molecule has 3 aromatic rings. The maximum atomic E-state index is 12.2. The summed E-state index contributed by atoms with van der Waals surface area (Å²) in [5, 5.41) is 4.36. The van der Waals surface area contributed by atoms with Crippen molar-refractivity contribution in [2.45, 2.75) is 20.4 Å². The fourth-order valence-electron chi connectivity index (χ4n) is 3.34. The van der Waals surface area contributed by atoms with E-state index in [1.54, 1.807) is 19.4 Å². The van der Waals surface area contributed by atoms with Crippen LogP contribution in [0.2, 0.25) is 0 Å². The maximum Gasteiger partial charge on any atom is 0.339 e. The largest absolute Gasteiger partial charge is 0.496 e. The highest BCUT2D eigenvalue weighted by molar-refractivity contribution is 5.94. The normalized spacial score (nSPS) is 10.9. The number of hydrogen-bond acceptors (Lipinski definition) is 5. The quantitative estimate of drug-likeness (QED) is 0.375. The average Bonchev–Trinajstić information content (AvgIpc) is 3.03. The second kappa shape index (κ2) is 9.10. The number of aromatic nitrogens is 1. The van der Waals surface area contributed by atoms with Crippen molar-refractivity contribution in [3.05, 3.63) is 82.7 Å². The molecule has 0 saturated heterocycles. The van der Waals surface area contributed by atoms with Crippen molar-refractivity contribution in [2.75, 3.05) is 14.2 Å². The average molecular weight is 391 g/mol. The van der Waals surface area contributed by atoms with Gasteiger partial charge >= 0.3 is 5.97 Å². The summed E-state index contributed by atoms with van der Waals surface area (Å²) in [6.07, 6.45) is 1.79. The van der Waals surface area contributed by atoms with E-state index in [0.29, 0.717) is 12.1 Å². The lowest BCUT2D eigenvalue weighted by atomic mass is 10.1. The lowest BCUT2D eigenvalue weighted by Gasteiger charge is -2.13. The predicted octanol–water partition coefficient (Wildman–Crippen LogP) is 4.01. The molecule has 29 heavy (non-hydrogen) atoms. The summed E-state index contributed by atoms with van der Waals surface area (Å²) in [6, 6.07) is 17.3. The summed E-state index contributed by atoms with van der Waals surface area (Å²) in [5.41, 5.74) is 8.37. The van der Waals surface area contributed by atoms with Gasteiger partial charge in [0, 0.05) is 22.5 Å². The predicted molar refractivity (Wildman–Crippen MR) is 114 cm³/mol. The number of carbonyl (C=O) groups is 1. The lowest BCUT2D eigenvalue weighted by molar-refractivity contribution is 0.0600. The van der Waals surface area contributed by atoms with E-state index in [9.17, 15) is 4.79 Å². The molecule has 0 aliphatic carbocycles. The fraction of sp³-hybridized carbons (Fsp3) is 0.217. The molecule has 0 unspecified atom stereocenters. The summed E-state index contributed by atoms with van der Waals surface area (Å²) in [5.74, 6) is 0.467. The third-order valence-corrected chi connectivity index (χ3v) is 4.78. The molecule has 1 aromatic heterocycles. The van der Waals surface area contributed by atoms with Gasteiger partial charge in [0.2, 0.25) is 0 Å². The molecule has 6 heteroatoms. The number of aryl methyl sites for hydroxylation is 1. The van der Waals surface area contributed by atoms with Crippen molar-refractivity contribution in [1.29, 1.82) is 0 Å². The molecule has 3 rings (SSSR count). The second-order valence-corrected chi connectivity index (χ2v) is 6.58. The van der Waals surface area contributed by atoms with Gasteiger partial charge in [0.15, 0.2) is 0 Å². The van der Waals surface area contributed by atoms with Crippen LogP contribution in [0.5, 0.6) is 5.75 Å². The molecule has 0 fully saturated rings. The van der Waals surface area contributed by atoms with Gasteiger partial charge in [-0.2, -0.15) is 5.10 Å². The van der Waals surface area contributed by atoms with Crippen molar-refractivity contribution >= 4 is 12.2 Å². The van der Waals surface area contributed by atoms with Gasteiger partial charge in [-0.15, -0.1) is 0 Å². The Kier molecular flexibility index (Phi) is 6.34. The van der Waals surface area contributed by atoms with E-state index in [-0.39, 0.29) is 5.97 Å². The number of benzene rings is 2. The Labute approximate surface area is 170 Å². The third kappa shape index (κ3) is 4.32. The molecule has 0 spiro atoms. The van der Waals surface area contributed by atoms with Gasteiger partial charge in [-0.05, 0) is 38.1 Å². The number of carbonyl (C=O) groups excluding carboxylic acids is 1. The molecule has 6 nitrogen and oxygen atoms in total. The molecule has 0 aliphatic rings. The highest BCUT2D eigenvalue weighted by atomic mass is 16.5. The van der Waals surface area contributed by atoms with Crippen molar-refractivity contribution in [3.8, 4) is 11.4 Å². The van der Waals surface area contributed by atoms with Crippen LogP contribution in [0, 0.1) is 13.8 Å². The lowest BCUT2D eigenvalue weighted by Crippen LogP contribution is -2.10. The third-order valence-electron chi connectivity index (χ3n) is 4.78. The van der Waals surface area contributed by atoms with Crippen molar-refractivity contribution in [2.24, 2.45) is 5.10 Å². The van der Waals surface area contributed by atoms with E-state index < -0.39 is 0 Å². The Balaban J connectivity index is 1.82. The molecule has 1 heterocycles. The number of para-hydroxylation sites is 2. The van der Waals surface area contributed by atoms with Crippen LogP contribution in [0.3, 0.4) is 0 Å². The topological polar surface area (TPSA) is 64.9 Å². The molecule has 2 aromatic carbocycles. The Morgan fingerprint density at radius 1 is 1.10 bits per heavy atom. The number of esters is 1. The van der Waals surface area contributed by atoms with Gasteiger partial charge in [-0.3, -0.25) is 0 Å². The van der Waals surface area contributed by atoms with E-state index in [1.165, 1.54) is 7.11 Å². The van der Waals surface area contributed by atoms with Crippen LogP contribution in [0.4, 0.5) is 0 Å². The van der Waals surface area contributed by atoms with Crippen molar-refractivity contribution < 1.29 is 14.3 Å².